The molecule has 0 radical (unpaired) electrons. The molecule has 3 aliphatic rings. The van der Waals surface area contributed by atoms with Crippen molar-refractivity contribution in [3.8, 4) is 0 Å². The van der Waals surface area contributed by atoms with E-state index in [4.69, 9.17) is 0 Å². The summed E-state index contributed by atoms with van der Waals surface area (Å²) < 4.78 is 0. The van der Waals surface area contributed by atoms with Gasteiger partial charge in [0.2, 0.25) is 5.91 Å². The molecule has 3 heterocycles. The number of thioether (sulfide) groups is 1. The highest BCUT2D eigenvalue weighted by Crippen LogP contribution is 2.38. The molecular formula is C15H18N2OS. The number of benzene rings is 1. The summed E-state index contributed by atoms with van der Waals surface area (Å²) in [7, 11) is 0. The van der Waals surface area contributed by atoms with Gasteiger partial charge in [-0.05, 0) is 29.9 Å². The van der Waals surface area contributed by atoms with Crippen LogP contribution in [0.4, 0.5) is 0 Å². The second-order valence-corrected chi connectivity index (χ2v) is 7.08. The summed E-state index contributed by atoms with van der Waals surface area (Å²) in [6, 6.07) is 8.41. The van der Waals surface area contributed by atoms with Crippen LogP contribution in [-0.2, 0) is 11.2 Å². The Morgan fingerprint density at radius 1 is 1.21 bits per heavy atom. The Labute approximate surface area is 117 Å². The molecule has 3 atom stereocenters. The number of likely N-dealkylation sites (tertiary alicyclic amines) is 1. The lowest BCUT2D eigenvalue weighted by Crippen LogP contribution is -2.37. The molecule has 3 nitrogen and oxygen atoms in total. The maximum absolute atomic E-state index is 12.6. The molecule has 1 aromatic rings. The summed E-state index contributed by atoms with van der Waals surface area (Å²) in [6.07, 6.45) is 0.907. The van der Waals surface area contributed by atoms with Crippen LogP contribution >= 0.6 is 11.8 Å². The number of nitrogens with one attached hydrogen (secondary N) is 1. The third-order valence-electron chi connectivity index (χ3n) is 4.62. The molecule has 1 unspecified atom stereocenters. The molecule has 4 heteroatoms. The minimum absolute atomic E-state index is 0.115. The molecule has 1 amide bonds. The molecule has 1 N–H and O–H groups in total. The van der Waals surface area contributed by atoms with Crippen LogP contribution in [0.2, 0.25) is 0 Å². The van der Waals surface area contributed by atoms with Gasteiger partial charge in [0.1, 0.15) is 0 Å². The summed E-state index contributed by atoms with van der Waals surface area (Å²) in [5, 5.41) is 3.54. The Morgan fingerprint density at radius 2 is 1.95 bits per heavy atom. The van der Waals surface area contributed by atoms with Crippen LogP contribution < -0.4 is 5.32 Å². The third-order valence-corrected chi connectivity index (χ3v) is 5.93. The third kappa shape index (κ3) is 1.98. The Morgan fingerprint density at radius 3 is 2.68 bits per heavy atom. The molecule has 0 aliphatic carbocycles. The Hall–Kier alpha value is -1.00. The zero-order chi connectivity index (χ0) is 12.8. The highest BCUT2D eigenvalue weighted by molar-refractivity contribution is 8.01. The minimum atomic E-state index is 0.115. The summed E-state index contributed by atoms with van der Waals surface area (Å²) in [6.45, 7) is 4.10. The van der Waals surface area contributed by atoms with Gasteiger partial charge in [-0.3, -0.25) is 4.79 Å². The number of carbonyl (C=O) groups is 1. The highest BCUT2D eigenvalue weighted by Gasteiger charge is 2.41. The maximum atomic E-state index is 12.6. The summed E-state index contributed by atoms with van der Waals surface area (Å²) >= 11 is 1.75. The summed E-state index contributed by atoms with van der Waals surface area (Å²) in [4.78, 5) is 16.0. The molecular weight excluding hydrogens is 256 g/mol. The predicted molar refractivity (Wildman–Crippen MR) is 76.2 cm³/mol. The smallest absolute Gasteiger partial charge is 0.236 e. The van der Waals surface area contributed by atoms with Gasteiger partial charge >= 0.3 is 0 Å². The first-order chi connectivity index (χ1) is 9.31. The van der Waals surface area contributed by atoms with Gasteiger partial charge in [0.05, 0.1) is 5.25 Å². The topological polar surface area (TPSA) is 32.3 Å². The lowest BCUT2D eigenvalue weighted by atomic mass is 10.0. The van der Waals surface area contributed by atoms with Gasteiger partial charge in [0, 0.05) is 31.1 Å². The summed E-state index contributed by atoms with van der Waals surface area (Å²) in [5.41, 5.74) is 1.34. The molecule has 3 aliphatic heterocycles. The van der Waals surface area contributed by atoms with Crippen LogP contribution in [-0.4, -0.2) is 42.2 Å². The van der Waals surface area contributed by atoms with E-state index in [-0.39, 0.29) is 5.25 Å². The van der Waals surface area contributed by atoms with E-state index in [1.165, 1.54) is 10.5 Å². The van der Waals surface area contributed by atoms with Crippen molar-refractivity contribution in [3.63, 3.8) is 0 Å². The molecule has 2 saturated heterocycles. The van der Waals surface area contributed by atoms with Gasteiger partial charge in [-0.2, -0.15) is 0 Å². The molecule has 0 spiro atoms. The zero-order valence-electron chi connectivity index (χ0n) is 10.8. The highest BCUT2D eigenvalue weighted by atomic mass is 32.2. The first kappa shape index (κ1) is 11.8. The quantitative estimate of drug-likeness (QED) is 0.840. The van der Waals surface area contributed by atoms with E-state index >= 15 is 0 Å². The Bertz CT molecular complexity index is 482. The van der Waals surface area contributed by atoms with Crippen molar-refractivity contribution in [1.29, 1.82) is 0 Å². The van der Waals surface area contributed by atoms with Crippen LogP contribution in [0.15, 0.2) is 29.2 Å². The SMILES string of the molecule is O=C(C1Cc2ccccc2S1)N1C[C@H]2CNC[C@H]2C1. The van der Waals surface area contributed by atoms with Gasteiger partial charge in [-0.15, -0.1) is 11.8 Å². The van der Waals surface area contributed by atoms with Gasteiger partial charge in [0.25, 0.3) is 0 Å². The van der Waals surface area contributed by atoms with Crippen molar-refractivity contribution < 1.29 is 4.79 Å². The van der Waals surface area contributed by atoms with Crippen molar-refractivity contribution in [2.24, 2.45) is 11.8 Å². The van der Waals surface area contributed by atoms with E-state index in [2.05, 4.69) is 34.5 Å². The molecule has 2 fully saturated rings. The molecule has 0 bridgehead atoms. The second-order valence-electron chi connectivity index (χ2n) is 5.84. The second kappa shape index (κ2) is 4.53. The normalized spacial score (nSPS) is 32.4. The fourth-order valence-corrected chi connectivity index (χ4v) is 4.84. The van der Waals surface area contributed by atoms with Crippen molar-refractivity contribution in [2.45, 2.75) is 16.6 Å². The average Bonchev–Trinajstić information content (AvgIpc) is 3.10. The number of rotatable bonds is 1. The lowest BCUT2D eigenvalue weighted by Gasteiger charge is -2.20. The number of hydrogen-bond acceptors (Lipinski definition) is 3. The zero-order valence-corrected chi connectivity index (χ0v) is 11.7. The molecule has 100 valence electrons. The summed E-state index contributed by atoms with van der Waals surface area (Å²) in [5.74, 6) is 1.74. The van der Waals surface area contributed by atoms with E-state index in [0.29, 0.717) is 17.7 Å². The molecule has 1 aromatic carbocycles. The van der Waals surface area contributed by atoms with Crippen molar-refractivity contribution >= 4 is 17.7 Å². The van der Waals surface area contributed by atoms with E-state index in [1.807, 2.05) is 0 Å². The van der Waals surface area contributed by atoms with Gasteiger partial charge in [-0.25, -0.2) is 0 Å². The lowest BCUT2D eigenvalue weighted by molar-refractivity contribution is -0.129. The largest absolute Gasteiger partial charge is 0.341 e. The number of nitrogens with zero attached hydrogens (tertiary/aromatic N) is 1. The fourth-order valence-electron chi connectivity index (χ4n) is 3.56. The van der Waals surface area contributed by atoms with E-state index in [0.717, 1.165) is 32.6 Å². The van der Waals surface area contributed by atoms with Crippen LogP contribution in [0.5, 0.6) is 0 Å². The van der Waals surface area contributed by atoms with E-state index in [1.54, 1.807) is 11.8 Å². The molecule has 0 aromatic heterocycles. The molecule has 0 saturated carbocycles. The van der Waals surface area contributed by atoms with Crippen LogP contribution in [0.1, 0.15) is 5.56 Å². The Kier molecular flexibility index (Phi) is 2.81. The van der Waals surface area contributed by atoms with Gasteiger partial charge in [-0.1, -0.05) is 18.2 Å². The van der Waals surface area contributed by atoms with E-state index in [9.17, 15) is 4.79 Å². The minimum Gasteiger partial charge on any atom is -0.341 e. The monoisotopic (exact) mass is 274 g/mol. The molecule has 19 heavy (non-hydrogen) atoms. The number of hydrogen-bond donors (Lipinski definition) is 1. The Balaban J connectivity index is 1.46. The van der Waals surface area contributed by atoms with Crippen LogP contribution in [0.25, 0.3) is 0 Å². The fraction of sp³-hybridized carbons (Fsp3) is 0.533. The van der Waals surface area contributed by atoms with Gasteiger partial charge < -0.3 is 10.2 Å². The van der Waals surface area contributed by atoms with Crippen molar-refractivity contribution in [2.75, 3.05) is 26.2 Å². The standard InChI is InChI=1S/C15H18N2OS/c18-15(17-8-11-6-16-7-12(11)9-17)14-5-10-3-1-2-4-13(10)19-14/h1-4,11-12,14,16H,5-9H2/t11-,12+,14?. The van der Waals surface area contributed by atoms with Crippen molar-refractivity contribution in [1.82, 2.24) is 10.2 Å². The van der Waals surface area contributed by atoms with E-state index < -0.39 is 0 Å². The average molecular weight is 274 g/mol. The molecule has 4 rings (SSSR count). The number of amides is 1. The van der Waals surface area contributed by atoms with Crippen LogP contribution in [0, 0.1) is 11.8 Å². The number of carbonyl (C=O) groups excluding carboxylic acids is 1. The van der Waals surface area contributed by atoms with Crippen molar-refractivity contribution in [3.05, 3.63) is 29.8 Å². The van der Waals surface area contributed by atoms with Crippen LogP contribution in [0.3, 0.4) is 0 Å². The van der Waals surface area contributed by atoms with Gasteiger partial charge in [0.15, 0.2) is 0 Å². The first-order valence-electron chi connectivity index (χ1n) is 7.05. The maximum Gasteiger partial charge on any atom is 0.236 e. The predicted octanol–water partition coefficient (Wildman–Crippen LogP) is 1.38. The first-order valence-corrected chi connectivity index (χ1v) is 7.93. The number of fused-ring (bicyclic) bond motifs is 2.